The van der Waals surface area contributed by atoms with E-state index >= 15 is 0 Å². The molecular weight excluding hydrogens is 272 g/mol. The third-order valence-electron chi connectivity index (χ3n) is 2.78. The van der Waals surface area contributed by atoms with Gasteiger partial charge in [0.25, 0.3) is 0 Å². The maximum atomic E-state index is 11.6. The number of esters is 1. The van der Waals surface area contributed by atoms with Gasteiger partial charge in [0.1, 0.15) is 17.4 Å². The SMILES string of the molecule is CCCCC1OC(=O)c2c1ccc(Br)c2O. The van der Waals surface area contributed by atoms with Crippen LogP contribution in [0.1, 0.15) is 48.2 Å². The summed E-state index contributed by atoms with van der Waals surface area (Å²) >= 11 is 3.19. The average Bonchev–Trinajstić information content (AvgIpc) is 2.58. The molecule has 1 aromatic carbocycles. The lowest BCUT2D eigenvalue weighted by Gasteiger charge is -2.09. The third-order valence-corrected chi connectivity index (χ3v) is 3.42. The summed E-state index contributed by atoms with van der Waals surface area (Å²) in [7, 11) is 0. The summed E-state index contributed by atoms with van der Waals surface area (Å²) in [4.78, 5) is 11.6. The van der Waals surface area contributed by atoms with Crippen molar-refractivity contribution in [2.45, 2.75) is 32.3 Å². The molecule has 4 heteroatoms. The summed E-state index contributed by atoms with van der Waals surface area (Å²) in [5.41, 5.74) is 1.12. The second-order valence-corrected chi connectivity index (χ2v) is 4.75. The van der Waals surface area contributed by atoms with Gasteiger partial charge in [-0.05, 0) is 34.8 Å². The van der Waals surface area contributed by atoms with Gasteiger partial charge in [-0.2, -0.15) is 0 Å². The Kier molecular flexibility index (Phi) is 3.19. The summed E-state index contributed by atoms with van der Waals surface area (Å²) < 4.78 is 5.78. The highest BCUT2D eigenvalue weighted by atomic mass is 79.9. The Morgan fingerprint density at radius 3 is 2.94 bits per heavy atom. The lowest BCUT2D eigenvalue weighted by atomic mass is 10.0. The van der Waals surface area contributed by atoms with Gasteiger partial charge in [0.2, 0.25) is 0 Å². The number of phenolic OH excluding ortho intramolecular Hbond substituents is 1. The van der Waals surface area contributed by atoms with E-state index in [2.05, 4.69) is 22.9 Å². The van der Waals surface area contributed by atoms with Crippen molar-refractivity contribution in [2.75, 3.05) is 0 Å². The van der Waals surface area contributed by atoms with Crippen LogP contribution in [0.15, 0.2) is 16.6 Å². The smallest absolute Gasteiger partial charge is 0.342 e. The third kappa shape index (κ3) is 1.82. The zero-order chi connectivity index (χ0) is 11.7. The molecule has 0 saturated heterocycles. The molecule has 86 valence electrons. The number of hydrogen-bond donors (Lipinski definition) is 1. The first-order valence-electron chi connectivity index (χ1n) is 5.37. The van der Waals surface area contributed by atoms with Crippen molar-refractivity contribution in [3.63, 3.8) is 0 Å². The van der Waals surface area contributed by atoms with E-state index in [1.807, 2.05) is 6.07 Å². The minimum absolute atomic E-state index is 0.0125. The van der Waals surface area contributed by atoms with E-state index in [4.69, 9.17) is 4.74 Å². The summed E-state index contributed by atoms with van der Waals surface area (Å²) in [6.45, 7) is 2.09. The summed E-state index contributed by atoms with van der Waals surface area (Å²) in [5.74, 6) is -0.434. The first-order valence-corrected chi connectivity index (χ1v) is 6.16. The molecule has 1 unspecified atom stereocenters. The Labute approximate surface area is 103 Å². The Balaban J connectivity index is 2.36. The molecule has 0 fully saturated rings. The molecule has 1 aromatic rings. The van der Waals surface area contributed by atoms with Gasteiger partial charge in [-0.3, -0.25) is 0 Å². The standard InChI is InChI=1S/C12H13BrO3/c1-2-3-4-9-7-5-6-8(13)11(14)10(7)12(15)16-9/h5-6,9,14H,2-4H2,1H3. The fourth-order valence-corrected chi connectivity index (χ4v) is 2.25. The largest absolute Gasteiger partial charge is 0.506 e. The quantitative estimate of drug-likeness (QED) is 0.864. The van der Waals surface area contributed by atoms with Crippen LogP contribution in [-0.4, -0.2) is 11.1 Å². The van der Waals surface area contributed by atoms with Crippen molar-refractivity contribution in [2.24, 2.45) is 0 Å². The molecular formula is C12H13BrO3. The van der Waals surface area contributed by atoms with Gasteiger partial charge < -0.3 is 9.84 Å². The lowest BCUT2D eigenvalue weighted by Crippen LogP contribution is -1.98. The predicted molar refractivity (Wildman–Crippen MR) is 63.5 cm³/mol. The van der Waals surface area contributed by atoms with Crippen molar-refractivity contribution >= 4 is 21.9 Å². The average molecular weight is 285 g/mol. The Morgan fingerprint density at radius 1 is 1.50 bits per heavy atom. The molecule has 0 aliphatic carbocycles. The highest BCUT2D eigenvalue weighted by Crippen LogP contribution is 2.41. The van der Waals surface area contributed by atoms with E-state index in [9.17, 15) is 9.90 Å². The number of rotatable bonds is 3. The van der Waals surface area contributed by atoms with Crippen LogP contribution < -0.4 is 0 Å². The minimum Gasteiger partial charge on any atom is -0.506 e. The first kappa shape index (κ1) is 11.5. The Morgan fingerprint density at radius 2 is 2.25 bits per heavy atom. The Hall–Kier alpha value is -1.03. The van der Waals surface area contributed by atoms with Gasteiger partial charge in [-0.1, -0.05) is 19.4 Å². The van der Waals surface area contributed by atoms with Gasteiger partial charge in [-0.15, -0.1) is 0 Å². The molecule has 0 saturated carbocycles. The molecule has 1 heterocycles. The molecule has 0 bridgehead atoms. The molecule has 0 amide bonds. The second-order valence-electron chi connectivity index (χ2n) is 3.90. The lowest BCUT2D eigenvalue weighted by molar-refractivity contribution is 0.0363. The van der Waals surface area contributed by atoms with Crippen LogP contribution in [0.25, 0.3) is 0 Å². The molecule has 2 rings (SSSR count). The number of halogens is 1. The highest BCUT2D eigenvalue weighted by Gasteiger charge is 2.33. The fourth-order valence-electron chi connectivity index (χ4n) is 1.92. The predicted octanol–water partition coefficient (Wildman–Crippen LogP) is 3.56. The van der Waals surface area contributed by atoms with E-state index < -0.39 is 5.97 Å². The highest BCUT2D eigenvalue weighted by molar-refractivity contribution is 9.10. The number of carbonyl (C=O) groups is 1. The van der Waals surface area contributed by atoms with Crippen LogP contribution in [0, 0.1) is 0 Å². The number of aromatic hydroxyl groups is 1. The van der Waals surface area contributed by atoms with E-state index in [1.54, 1.807) is 6.07 Å². The van der Waals surface area contributed by atoms with Crippen molar-refractivity contribution in [1.82, 2.24) is 0 Å². The molecule has 1 atom stereocenters. The number of unbranched alkanes of at least 4 members (excludes halogenated alkanes) is 1. The second kappa shape index (κ2) is 4.45. The van der Waals surface area contributed by atoms with Crippen LogP contribution in [-0.2, 0) is 4.74 Å². The fraction of sp³-hybridized carbons (Fsp3) is 0.417. The van der Waals surface area contributed by atoms with Crippen LogP contribution >= 0.6 is 15.9 Å². The van der Waals surface area contributed by atoms with E-state index in [-0.39, 0.29) is 11.9 Å². The van der Waals surface area contributed by atoms with Gasteiger partial charge in [0, 0.05) is 5.56 Å². The van der Waals surface area contributed by atoms with Crippen molar-refractivity contribution in [3.8, 4) is 5.75 Å². The van der Waals surface area contributed by atoms with Crippen molar-refractivity contribution in [1.29, 1.82) is 0 Å². The van der Waals surface area contributed by atoms with Crippen LogP contribution in [0.2, 0.25) is 0 Å². The van der Waals surface area contributed by atoms with Gasteiger partial charge >= 0.3 is 5.97 Å². The van der Waals surface area contributed by atoms with Crippen LogP contribution in [0.4, 0.5) is 0 Å². The number of cyclic esters (lactones) is 1. The number of hydrogen-bond acceptors (Lipinski definition) is 3. The topological polar surface area (TPSA) is 46.5 Å². The summed E-state index contributed by atoms with van der Waals surface area (Å²) in [6.07, 6.45) is 2.69. The monoisotopic (exact) mass is 284 g/mol. The summed E-state index contributed by atoms with van der Waals surface area (Å²) in [5, 5.41) is 9.78. The zero-order valence-corrected chi connectivity index (χ0v) is 10.6. The zero-order valence-electron chi connectivity index (χ0n) is 9.00. The number of ether oxygens (including phenoxy) is 1. The number of benzene rings is 1. The molecule has 3 nitrogen and oxygen atoms in total. The van der Waals surface area contributed by atoms with Crippen LogP contribution in [0.3, 0.4) is 0 Å². The molecule has 1 N–H and O–H groups in total. The van der Waals surface area contributed by atoms with Crippen molar-refractivity contribution < 1.29 is 14.6 Å². The molecule has 0 aromatic heterocycles. The Bertz CT molecular complexity index is 429. The molecule has 0 radical (unpaired) electrons. The van der Waals surface area contributed by atoms with Crippen molar-refractivity contribution in [3.05, 3.63) is 27.7 Å². The van der Waals surface area contributed by atoms with E-state index in [0.29, 0.717) is 10.0 Å². The van der Waals surface area contributed by atoms with E-state index in [0.717, 1.165) is 24.8 Å². The molecule has 1 aliphatic heterocycles. The van der Waals surface area contributed by atoms with Crippen LogP contribution in [0.5, 0.6) is 5.75 Å². The number of phenols is 1. The minimum atomic E-state index is -0.421. The van der Waals surface area contributed by atoms with E-state index in [1.165, 1.54) is 0 Å². The number of carbonyl (C=O) groups excluding carboxylic acids is 1. The van der Waals surface area contributed by atoms with Gasteiger partial charge in [0.15, 0.2) is 0 Å². The van der Waals surface area contributed by atoms with Gasteiger partial charge in [-0.25, -0.2) is 4.79 Å². The number of fused-ring (bicyclic) bond motifs is 1. The molecule has 1 aliphatic rings. The molecule has 16 heavy (non-hydrogen) atoms. The summed E-state index contributed by atoms with van der Waals surface area (Å²) in [6, 6.07) is 3.58. The maximum absolute atomic E-state index is 11.6. The maximum Gasteiger partial charge on any atom is 0.342 e. The first-order chi connectivity index (χ1) is 7.65. The van der Waals surface area contributed by atoms with Gasteiger partial charge in [0.05, 0.1) is 4.47 Å². The normalized spacial score (nSPS) is 18.4. The molecule has 0 spiro atoms.